The van der Waals surface area contributed by atoms with Crippen molar-refractivity contribution in [2.75, 3.05) is 4.72 Å². The van der Waals surface area contributed by atoms with Crippen LogP contribution in [0.1, 0.15) is 16.7 Å². The number of hydrogen-bond donors (Lipinski definition) is 1. The number of alkyl halides is 3. The highest BCUT2D eigenvalue weighted by atomic mass is 35.5. The Morgan fingerprint density at radius 1 is 1.00 bits per heavy atom. The second-order valence-electron chi connectivity index (χ2n) is 6.50. The zero-order chi connectivity index (χ0) is 21.9. The fraction of sp³-hybridized carbons (Fsp3) is 0.143. The molecule has 0 aliphatic rings. The summed E-state index contributed by atoms with van der Waals surface area (Å²) >= 11 is 5.89. The highest BCUT2D eigenvalue weighted by Crippen LogP contribution is 2.35. The first kappa shape index (κ1) is 22.0. The lowest BCUT2D eigenvalue weighted by Crippen LogP contribution is -2.14. The van der Waals surface area contributed by atoms with Gasteiger partial charge in [0, 0.05) is 5.69 Å². The minimum Gasteiger partial charge on any atom is -0.487 e. The summed E-state index contributed by atoms with van der Waals surface area (Å²) < 4.78 is 71.4. The maximum Gasteiger partial charge on any atom is 0.416 e. The molecule has 0 radical (unpaired) electrons. The molecule has 0 heterocycles. The molecule has 4 nitrogen and oxygen atoms in total. The molecule has 0 unspecified atom stereocenters. The number of hydrogen-bond acceptors (Lipinski definition) is 3. The third kappa shape index (κ3) is 5.25. The third-order valence-electron chi connectivity index (χ3n) is 4.22. The second kappa shape index (κ2) is 8.57. The summed E-state index contributed by atoms with van der Waals surface area (Å²) in [5.41, 5.74) is 0.683. The highest BCUT2D eigenvalue weighted by Gasteiger charge is 2.31. The van der Waals surface area contributed by atoms with Crippen LogP contribution in [0.15, 0.2) is 71.6 Å². The Kier molecular flexibility index (Phi) is 6.28. The Bertz CT molecular complexity index is 1160. The van der Waals surface area contributed by atoms with Crippen molar-refractivity contribution >= 4 is 27.3 Å². The van der Waals surface area contributed by atoms with Gasteiger partial charge < -0.3 is 4.74 Å². The predicted molar refractivity (Wildman–Crippen MR) is 109 cm³/mol. The maximum atomic E-state index is 12.7. The van der Waals surface area contributed by atoms with E-state index in [1.54, 1.807) is 49.4 Å². The predicted octanol–water partition coefficient (Wildman–Crippen LogP) is 6.05. The quantitative estimate of drug-likeness (QED) is 0.492. The van der Waals surface area contributed by atoms with Crippen LogP contribution in [0.4, 0.5) is 18.9 Å². The number of benzene rings is 3. The van der Waals surface area contributed by atoms with Gasteiger partial charge in [-0.25, -0.2) is 8.42 Å². The van der Waals surface area contributed by atoms with Crippen LogP contribution in [-0.2, 0) is 22.8 Å². The van der Waals surface area contributed by atoms with E-state index in [0.29, 0.717) is 16.8 Å². The van der Waals surface area contributed by atoms with Gasteiger partial charge in [0.25, 0.3) is 10.0 Å². The molecule has 0 spiro atoms. The number of halogens is 4. The van der Waals surface area contributed by atoms with Crippen molar-refractivity contribution in [2.24, 2.45) is 0 Å². The third-order valence-corrected chi connectivity index (χ3v) is 6.05. The van der Waals surface area contributed by atoms with Crippen molar-refractivity contribution in [3.8, 4) is 5.75 Å². The summed E-state index contributed by atoms with van der Waals surface area (Å²) in [4.78, 5) is 0.170. The van der Waals surface area contributed by atoms with Crippen molar-refractivity contribution in [3.63, 3.8) is 0 Å². The van der Waals surface area contributed by atoms with Gasteiger partial charge in [-0.2, -0.15) is 13.2 Å². The van der Waals surface area contributed by atoms with Gasteiger partial charge in [0.05, 0.1) is 15.5 Å². The Hall–Kier alpha value is -2.71. The molecule has 0 fully saturated rings. The zero-order valence-electron chi connectivity index (χ0n) is 15.7. The summed E-state index contributed by atoms with van der Waals surface area (Å²) in [6, 6.07) is 15.9. The number of anilines is 1. The smallest absolute Gasteiger partial charge is 0.416 e. The first-order chi connectivity index (χ1) is 14.1. The molecule has 0 atom stereocenters. The minimum atomic E-state index is -4.50. The van der Waals surface area contributed by atoms with E-state index in [-0.39, 0.29) is 22.3 Å². The second-order valence-corrected chi connectivity index (χ2v) is 8.56. The average Bonchev–Trinajstić information content (AvgIpc) is 2.66. The van der Waals surface area contributed by atoms with Crippen LogP contribution in [0.25, 0.3) is 0 Å². The molecule has 0 saturated heterocycles. The van der Waals surface area contributed by atoms with Crippen LogP contribution in [0.2, 0.25) is 5.02 Å². The van der Waals surface area contributed by atoms with Crippen LogP contribution in [0.3, 0.4) is 0 Å². The molecule has 3 rings (SSSR count). The minimum absolute atomic E-state index is 0.00891. The number of nitrogens with one attached hydrogen (secondary N) is 1. The van der Waals surface area contributed by atoms with E-state index in [4.69, 9.17) is 16.3 Å². The lowest BCUT2D eigenvalue weighted by molar-refractivity contribution is -0.137. The van der Waals surface area contributed by atoms with Gasteiger partial charge in [-0.15, -0.1) is 0 Å². The number of sulfonamides is 1. The Morgan fingerprint density at radius 3 is 2.40 bits per heavy atom. The van der Waals surface area contributed by atoms with Crippen molar-refractivity contribution in [1.82, 2.24) is 0 Å². The van der Waals surface area contributed by atoms with Crippen molar-refractivity contribution in [1.29, 1.82) is 0 Å². The zero-order valence-corrected chi connectivity index (χ0v) is 17.3. The number of aryl methyl sites for hydroxylation is 1. The summed E-state index contributed by atoms with van der Waals surface area (Å²) in [5, 5.41) is -0.166. The van der Waals surface area contributed by atoms with Crippen molar-refractivity contribution in [3.05, 3.63) is 88.4 Å². The highest BCUT2D eigenvalue weighted by molar-refractivity contribution is 7.92. The lowest BCUT2D eigenvalue weighted by atomic mass is 10.2. The molecule has 0 aliphatic heterocycles. The van der Waals surface area contributed by atoms with Crippen molar-refractivity contribution in [2.45, 2.75) is 24.6 Å². The largest absolute Gasteiger partial charge is 0.487 e. The Labute approximate surface area is 177 Å². The molecule has 1 N–H and O–H groups in total. The standard InChI is InChI=1S/C21H17ClF3NO3S/c1-14-5-2-3-8-20(14)30(27,28)26-17-7-4-6-15(11-17)13-29-19-10-9-16(12-18(19)22)21(23,24)25/h2-12,26H,13H2,1H3. The van der Waals surface area contributed by atoms with Crippen LogP contribution in [-0.4, -0.2) is 8.42 Å². The van der Waals surface area contributed by atoms with Gasteiger partial charge in [-0.05, 0) is 54.4 Å². The van der Waals surface area contributed by atoms with E-state index in [0.717, 1.165) is 18.2 Å². The molecule has 3 aromatic carbocycles. The first-order valence-electron chi connectivity index (χ1n) is 8.73. The SMILES string of the molecule is Cc1ccccc1S(=O)(=O)Nc1cccc(COc2ccc(C(F)(F)F)cc2Cl)c1. The molecular weight excluding hydrogens is 439 g/mol. The average molecular weight is 456 g/mol. The fourth-order valence-electron chi connectivity index (χ4n) is 2.75. The molecule has 3 aromatic rings. The van der Waals surface area contributed by atoms with Gasteiger partial charge in [0.1, 0.15) is 12.4 Å². The van der Waals surface area contributed by atoms with Crippen LogP contribution < -0.4 is 9.46 Å². The van der Waals surface area contributed by atoms with Gasteiger partial charge in [-0.1, -0.05) is 41.9 Å². The van der Waals surface area contributed by atoms with Crippen LogP contribution >= 0.6 is 11.6 Å². The molecule has 30 heavy (non-hydrogen) atoms. The Morgan fingerprint density at radius 2 is 1.73 bits per heavy atom. The van der Waals surface area contributed by atoms with Gasteiger partial charge in [0.15, 0.2) is 0 Å². The Balaban J connectivity index is 1.73. The molecular formula is C21H17ClF3NO3S. The first-order valence-corrected chi connectivity index (χ1v) is 10.6. The van der Waals surface area contributed by atoms with Crippen LogP contribution in [0, 0.1) is 6.92 Å². The summed E-state index contributed by atoms with van der Waals surface area (Å²) in [6.07, 6.45) is -4.50. The number of ether oxygens (including phenoxy) is 1. The monoisotopic (exact) mass is 455 g/mol. The van der Waals surface area contributed by atoms with Gasteiger partial charge in [0.2, 0.25) is 0 Å². The molecule has 0 bridgehead atoms. The molecule has 0 aromatic heterocycles. The molecule has 9 heteroatoms. The molecule has 158 valence electrons. The molecule has 0 aliphatic carbocycles. The van der Waals surface area contributed by atoms with Gasteiger partial charge in [-0.3, -0.25) is 4.72 Å². The normalized spacial score (nSPS) is 11.9. The molecule has 0 saturated carbocycles. The summed E-state index contributed by atoms with van der Waals surface area (Å²) in [6.45, 7) is 1.69. The van der Waals surface area contributed by atoms with Crippen LogP contribution in [0.5, 0.6) is 5.75 Å². The number of rotatable bonds is 6. The van der Waals surface area contributed by atoms with E-state index in [1.165, 1.54) is 6.07 Å². The van der Waals surface area contributed by atoms with E-state index in [9.17, 15) is 21.6 Å². The fourth-order valence-corrected chi connectivity index (χ4v) is 4.28. The topological polar surface area (TPSA) is 55.4 Å². The summed E-state index contributed by atoms with van der Waals surface area (Å²) in [5.74, 6) is 0.0931. The van der Waals surface area contributed by atoms with E-state index in [2.05, 4.69) is 4.72 Å². The summed E-state index contributed by atoms with van der Waals surface area (Å²) in [7, 11) is -3.77. The van der Waals surface area contributed by atoms with Crippen molar-refractivity contribution < 1.29 is 26.3 Å². The lowest BCUT2D eigenvalue weighted by Gasteiger charge is -2.13. The van der Waals surface area contributed by atoms with E-state index in [1.807, 2.05) is 0 Å². The van der Waals surface area contributed by atoms with Gasteiger partial charge >= 0.3 is 6.18 Å². The molecule has 0 amide bonds. The maximum absolute atomic E-state index is 12.7. The van der Waals surface area contributed by atoms with E-state index >= 15 is 0 Å². The van der Waals surface area contributed by atoms with E-state index < -0.39 is 21.8 Å².